The smallest absolute Gasteiger partial charge is 0.260 e. The minimum absolute atomic E-state index is 0.109. The molecule has 0 radical (unpaired) electrons. The Morgan fingerprint density at radius 1 is 1.00 bits per heavy atom. The molecule has 8 heteroatoms. The van der Waals surface area contributed by atoms with Gasteiger partial charge in [-0.2, -0.15) is 4.98 Å². The predicted octanol–water partition coefficient (Wildman–Crippen LogP) is 6.56. The SMILES string of the molecule is CN1c2ccccc2C(=O)N(Cc2ccc(Cl)cc2)c2cnc(Nc3cccc(Br)c3)nc21. The number of carbonyl (C=O) groups is 1. The Hall–Kier alpha value is -3.42. The second-order valence-corrected chi connectivity index (χ2v) is 8.98. The second-order valence-electron chi connectivity index (χ2n) is 7.63. The van der Waals surface area contributed by atoms with Crippen LogP contribution in [0.5, 0.6) is 0 Å². The molecule has 1 aliphatic heterocycles. The topological polar surface area (TPSA) is 61.4 Å². The number of benzene rings is 3. The molecule has 0 fully saturated rings. The first-order valence-corrected chi connectivity index (χ1v) is 11.5. The van der Waals surface area contributed by atoms with Gasteiger partial charge in [0.25, 0.3) is 5.91 Å². The van der Waals surface area contributed by atoms with Crippen molar-refractivity contribution >= 4 is 62.3 Å². The summed E-state index contributed by atoms with van der Waals surface area (Å²) in [5, 5.41) is 3.90. The normalized spacial score (nSPS) is 12.8. The van der Waals surface area contributed by atoms with Crippen LogP contribution in [-0.2, 0) is 6.54 Å². The first-order chi connectivity index (χ1) is 16.0. The van der Waals surface area contributed by atoms with E-state index in [9.17, 15) is 4.79 Å². The maximum absolute atomic E-state index is 13.6. The third-order valence-corrected chi connectivity index (χ3v) is 6.18. The highest BCUT2D eigenvalue weighted by Gasteiger charge is 2.31. The molecule has 4 aromatic rings. The molecular weight excluding hydrogens is 502 g/mol. The molecule has 0 bridgehead atoms. The second kappa shape index (κ2) is 8.84. The number of aromatic nitrogens is 2. The van der Waals surface area contributed by atoms with Gasteiger partial charge in [0.15, 0.2) is 5.82 Å². The first-order valence-electron chi connectivity index (χ1n) is 10.3. The van der Waals surface area contributed by atoms with Crippen LogP contribution in [0.4, 0.5) is 28.8 Å². The Balaban J connectivity index is 1.60. The van der Waals surface area contributed by atoms with E-state index in [1.54, 1.807) is 11.1 Å². The fourth-order valence-corrected chi connectivity index (χ4v) is 4.33. The van der Waals surface area contributed by atoms with E-state index >= 15 is 0 Å². The molecule has 164 valence electrons. The number of carbonyl (C=O) groups excluding carboxylic acids is 1. The number of halogens is 2. The monoisotopic (exact) mass is 519 g/mol. The lowest BCUT2D eigenvalue weighted by Gasteiger charge is -2.24. The maximum Gasteiger partial charge on any atom is 0.260 e. The number of amides is 1. The summed E-state index contributed by atoms with van der Waals surface area (Å²) in [6, 6.07) is 22.8. The summed E-state index contributed by atoms with van der Waals surface area (Å²) in [5.74, 6) is 0.967. The van der Waals surface area contributed by atoms with Gasteiger partial charge < -0.3 is 10.2 Å². The number of rotatable bonds is 4. The highest BCUT2D eigenvalue weighted by atomic mass is 79.9. The summed E-state index contributed by atoms with van der Waals surface area (Å²) in [6.07, 6.45) is 1.69. The zero-order valence-electron chi connectivity index (χ0n) is 17.7. The van der Waals surface area contributed by atoms with Gasteiger partial charge in [-0.1, -0.05) is 57.9 Å². The highest BCUT2D eigenvalue weighted by Crippen LogP contribution is 2.39. The molecule has 0 aliphatic carbocycles. The average Bonchev–Trinajstić information content (AvgIpc) is 2.90. The van der Waals surface area contributed by atoms with Crippen molar-refractivity contribution in [3.8, 4) is 0 Å². The summed E-state index contributed by atoms with van der Waals surface area (Å²) in [4.78, 5) is 26.6. The lowest BCUT2D eigenvalue weighted by molar-refractivity contribution is 0.0986. The standard InChI is InChI=1S/C25H19BrClN5O/c1-31-21-8-3-2-7-20(21)24(33)32(15-16-9-11-18(27)12-10-16)22-14-28-25(30-23(22)31)29-19-6-4-5-17(26)13-19/h2-14H,15H2,1H3,(H,28,29,30). The van der Waals surface area contributed by atoms with Gasteiger partial charge in [-0.15, -0.1) is 0 Å². The van der Waals surface area contributed by atoms with E-state index in [0.29, 0.717) is 34.6 Å². The van der Waals surface area contributed by atoms with Crippen molar-refractivity contribution in [1.29, 1.82) is 0 Å². The van der Waals surface area contributed by atoms with Gasteiger partial charge in [0.1, 0.15) is 5.69 Å². The highest BCUT2D eigenvalue weighted by molar-refractivity contribution is 9.10. The van der Waals surface area contributed by atoms with Gasteiger partial charge >= 0.3 is 0 Å². The Kier molecular flexibility index (Phi) is 5.74. The summed E-state index contributed by atoms with van der Waals surface area (Å²) < 4.78 is 0.952. The van der Waals surface area contributed by atoms with E-state index in [1.807, 2.05) is 84.7 Å². The van der Waals surface area contributed by atoms with Crippen LogP contribution in [0.25, 0.3) is 0 Å². The lowest BCUT2D eigenvalue weighted by atomic mass is 10.1. The molecule has 33 heavy (non-hydrogen) atoms. The average molecular weight is 521 g/mol. The molecule has 0 saturated heterocycles. The van der Waals surface area contributed by atoms with E-state index in [2.05, 4.69) is 26.2 Å². The van der Waals surface area contributed by atoms with Gasteiger partial charge in [-0.25, -0.2) is 4.98 Å². The zero-order chi connectivity index (χ0) is 22.9. The van der Waals surface area contributed by atoms with E-state index in [0.717, 1.165) is 21.4 Å². The zero-order valence-corrected chi connectivity index (χ0v) is 20.0. The van der Waals surface area contributed by atoms with Crippen molar-refractivity contribution in [3.63, 3.8) is 0 Å². The van der Waals surface area contributed by atoms with Gasteiger partial charge in [0.2, 0.25) is 5.95 Å². The number of hydrogen-bond donors (Lipinski definition) is 1. The van der Waals surface area contributed by atoms with Gasteiger partial charge in [0, 0.05) is 22.2 Å². The van der Waals surface area contributed by atoms with Crippen molar-refractivity contribution in [2.45, 2.75) is 6.54 Å². The number of nitrogens with one attached hydrogen (secondary N) is 1. The molecule has 1 aliphatic rings. The molecule has 5 rings (SSSR count). The van der Waals surface area contributed by atoms with Crippen LogP contribution in [-0.4, -0.2) is 22.9 Å². The Morgan fingerprint density at radius 3 is 2.58 bits per heavy atom. The largest absolute Gasteiger partial charge is 0.327 e. The van der Waals surface area contributed by atoms with Crippen LogP contribution in [0.3, 0.4) is 0 Å². The predicted molar refractivity (Wildman–Crippen MR) is 136 cm³/mol. The fourth-order valence-electron chi connectivity index (χ4n) is 3.80. The molecule has 0 atom stereocenters. The Labute approximate surface area is 205 Å². The molecular formula is C25H19BrClN5O. The molecule has 1 N–H and O–H groups in total. The summed E-state index contributed by atoms with van der Waals surface area (Å²) in [5.41, 5.74) is 3.84. The maximum atomic E-state index is 13.6. The van der Waals surface area contributed by atoms with Crippen molar-refractivity contribution < 1.29 is 4.79 Å². The first kappa shape index (κ1) is 21.4. The van der Waals surface area contributed by atoms with Gasteiger partial charge in [0.05, 0.1) is 24.0 Å². The molecule has 6 nitrogen and oxygen atoms in total. The molecule has 0 spiro atoms. The van der Waals surface area contributed by atoms with E-state index in [-0.39, 0.29) is 5.91 Å². The van der Waals surface area contributed by atoms with Crippen molar-refractivity contribution in [3.05, 3.63) is 99.6 Å². The van der Waals surface area contributed by atoms with Crippen LogP contribution in [0.15, 0.2) is 83.5 Å². The van der Waals surface area contributed by atoms with E-state index in [4.69, 9.17) is 16.6 Å². The van der Waals surface area contributed by atoms with Crippen LogP contribution < -0.4 is 15.1 Å². The van der Waals surface area contributed by atoms with E-state index < -0.39 is 0 Å². The summed E-state index contributed by atoms with van der Waals surface area (Å²) in [7, 11) is 1.91. The van der Waals surface area contributed by atoms with Crippen molar-refractivity contribution in [2.24, 2.45) is 0 Å². The molecule has 1 amide bonds. The Bertz CT molecular complexity index is 1340. The van der Waals surface area contributed by atoms with Gasteiger partial charge in [-0.3, -0.25) is 9.69 Å². The number of nitrogens with zero attached hydrogens (tertiary/aromatic N) is 4. The number of fused-ring (bicyclic) bond motifs is 2. The van der Waals surface area contributed by atoms with Crippen LogP contribution in [0.1, 0.15) is 15.9 Å². The summed E-state index contributed by atoms with van der Waals surface area (Å²) in [6.45, 7) is 0.368. The molecule has 3 aromatic carbocycles. The van der Waals surface area contributed by atoms with Crippen LogP contribution in [0.2, 0.25) is 5.02 Å². The number of anilines is 5. The summed E-state index contributed by atoms with van der Waals surface area (Å²) >= 11 is 9.54. The number of hydrogen-bond acceptors (Lipinski definition) is 5. The quantitative estimate of drug-likeness (QED) is 0.330. The third kappa shape index (κ3) is 4.29. The van der Waals surface area contributed by atoms with Crippen LogP contribution in [0, 0.1) is 0 Å². The van der Waals surface area contributed by atoms with Crippen LogP contribution >= 0.6 is 27.5 Å². The van der Waals surface area contributed by atoms with E-state index in [1.165, 1.54) is 0 Å². The Morgan fingerprint density at radius 2 is 1.79 bits per heavy atom. The molecule has 0 saturated carbocycles. The molecule has 0 unspecified atom stereocenters. The molecule has 2 heterocycles. The third-order valence-electron chi connectivity index (χ3n) is 5.43. The minimum atomic E-state index is -0.109. The van der Waals surface area contributed by atoms with Crippen molar-refractivity contribution in [2.75, 3.05) is 22.2 Å². The lowest BCUT2D eigenvalue weighted by Crippen LogP contribution is -2.30. The van der Waals surface area contributed by atoms with Crippen molar-refractivity contribution in [1.82, 2.24) is 9.97 Å². The fraction of sp³-hybridized carbons (Fsp3) is 0.0800. The molecule has 1 aromatic heterocycles. The minimum Gasteiger partial charge on any atom is -0.327 e. The number of para-hydroxylation sites is 1. The van der Waals surface area contributed by atoms with Gasteiger partial charge in [-0.05, 0) is 48.0 Å².